The van der Waals surface area contributed by atoms with E-state index in [9.17, 15) is 14.0 Å². The number of nitrogens with zero attached hydrogens (tertiary/aromatic N) is 1. The molecule has 2 rings (SSSR count). The molecule has 1 saturated heterocycles. The van der Waals surface area contributed by atoms with Crippen LogP contribution in [0.5, 0.6) is 0 Å². The summed E-state index contributed by atoms with van der Waals surface area (Å²) in [4.78, 5) is 24.7. The Morgan fingerprint density at radius 1 is 1.45 bits per heavy atom. The average molecular weight is 374 g/mol. The first kappa shape index (κ1) is 16.9. The first-order valence-corrected chi connectivity index (χ1v) is 7.84. The van der Waals surface area contributed by atoms with Crippen LogP contribution in [0.2, 0.25) is 0 Å². The predicted molar refractivity (Wildman–Crippen MR) is 81.2 cm³/mol. The third-order valence-corrected chi connectivity index (χ3v) is 3.98. The van der Waals surface area contributed by atoms with Crippen LogP contribution in [-0.2, 0) is 9.53 Å². The summed E-state index contributed by atoms with van der Waals surface area (Å²) < 4.78 is 20.0. The molecule has 1 heterocycles. The smallest absolute Gasteiger partial charge is 0.305 e. The summed E-state index contributed by atoms with van der Waals surface area (Å²) in [7, 11) is 0. The lowest BCUT2D eigenvalue weighted by Gasteiger charge is -2.25. The second kappa shape index (κ2) is 7.69. The van der Waals surface area contributed by atoms with Crippen LogP contribution >= 0.6 is 15.9 Å². The number of hydrogen-bond donors (Lipinski definition) is 1. The molecule has 0 saturated carbocycles. The molecule has 1 aromatic rings. The number of carbonyl (C=O) groups is 2. The highest BCUT2D eigenvalue weighted by molar-refractivity contribution is 9.10. The fourth-order valence-corrected chi connectivity index (χ4v) is 2.73. The number of benzene rings is 1. The summed E-state index contributed by atoms with van der Waals surface area (Å²) in [6.45, 7) is 0.939. The van der Waals surface area contributed by atoms with Crippen molar-refractivity contribution in [3.05, 3.63) is 34.1 Å². The topological polar surface area (TPSA) is 66.8 Å². The second-order valence-corrected chi connectivity index (χ2v) is 6.07. The van der Waals surface area contributed by atoms with Gasteiger partial charge in [0.15, 0.2) is 0 Å². The molecule has 0 bridgehead atoms. The molecule has 1 aromatic carbocycles. The molecular formula is C15H17BrFNO4. The Balaban J connectivity index is 2.16. The summed E-state index contributed by atoms with van der Waals surface area (Å²) >= 11 is 3.21. The number of ether oxygens (including phenoxy) is 1. The maximum atomic E-state index is 13.9. The van der Waals surface area contributed by atoms with Crippen molar-refractivity contribution in [1.29, 1.82) is 0 Å². The lowest BCUT2D eigenvalue weighted by molar-refractivity contribution is -0.137. The molecule has 0 spiro atoms. The molecule has 0 unspecified atom stereocenters. The number of hydrogen-bond acceptors (Lipinski definition) is 3. The Hall–Kier alpha value is -1.47. The van der Waals surface area contributed by atoms with E-state index < -0.39 is 17.7 Å². The van der Waals surface area contributed by atoms with Crippen molar-refractivity contribution in [3.63, 3.8) is 0 Å². The van der Waals surface area contributed by atoms with Gasteiger partial charge < -0.3 is 14.7 Å². The molecule has 1 atom stereocenters. The van der Waals surface area contributed by atoms with Crippen molar-refractivity contribution in [2.45, 2.75) is 25.4 Å². The van der Waals surface area contributed by atoms with Crippen molar-refractivity contribution in [2.24, 2.45) is 0 Å². The van der Waals surface area contributed by atoms with Crippen molar-refractivity contribution in [1.82, 2.24) is 4.90 Å². The van der Waals surface area contributed by atoms with Gasteiger partial charge in [0.25, 0.3) is 5.91 Å². The summed E-state index contributed by atoms with van der Waals surface area (Å²) in [5, 5.41) is 8.82. The number of aliphatic carboxylic acids is 1. The molecule has 1 N–H and O–H groups in total. The van der Waals surface area contributed by atoms with E-state index in [-0.39, 0.29) is 31.2 Å². The van der Waals surface area contributed by atoms with Crippen LogP contribution in [0.1, 0.15) is 29.6 Å². The van der Waals surface area contributed by atoms with E-state index >= 15 is 0 Å². The zero-order valence-corrected chi connectivity index (χ0v) is 13.5. The van der Waals surface area contributed by atoms with Crippen LogP contribution in [0.4, 0.5) is 4.39 Å². The number of amides is 1. The minimum Gasteiger partial charge on any atom is -0.481 e. The normalized spacial score (nSPS) is 17.5. The van der Waals surface area contributed by atoms with Gasteiger partial charge in [-0.3, -0.25) is 9.59 Å². The maximum Gasteiger partial charge on any atom is 0.305 e. The molecule has 0 aliphatic carbocycles. The van der Waals surface area contributed by atoms with Gasteiger partial charge in [-0.2, -0.15) is 0 Å². The SMILES string of the molecule is O=C(O)CCN(C[C@H]1CCCO1)C(=O)c1cc(Br)ccc1F. The molecule has 1 fully saturated rings. The van der Waals surface area contributed by atoms with Gasteiger partial charge in [-0.15, -0.1) is 0 Å². The molecule has 1 amide bonds. The van der Waals surface area contributed by atoms with Crippen molar-refractivity contribution in [2.75, 3.05) is 19.7 Å². The molecule has 0 radical (unpaired) electrons. The molecular weight excluding hydrogens is 357 g/mol. The van der Waals surface area contributed by atoms with E-state index in [0.717, 1.165) is 12.8 Å². The third-order valence-electron chi connectivity index (χ3n) is 3.49. The second-order valence-electron chi connectivity index (χ2n) is 5.15. The predicted octanol–water partition coefficient (Wildman–Crippen LogP) is 2.68. The number of rotatable bonds is 6. The standard InChI is InChI=1S/C15H17BrFNO4/c16-10-3-4-13(17)12(8-10)15(21)18(6-5-14(19)20)9-11-2-1-7-22-11/h3-4,8,11H,1-2,5-7,9H2,(H,19,20)/t11-/m1/s1. The molecule has 22 heavy (non-hydrogen) atoms. The van der Waals surface area contributed by atoms with Crippen LogP contribution in [0, 0.1) is 5.82 Å². The van der Waals surface area contributed by atoms with Gasteiger partial charge in [0.05, 0.1) is 18.1 Å². The Bertz CT molecular complexity index is 560. The van der Waals surface area contributed by atoms with Gasteiger partial charge in [0.1, 0.15) is 5.82 Å². The highest BCUT2D eigenvalue weighted by Crippen LogP contribution is 2.19. The van der Waals surface area contributed by atoms with Gasteiger partial charge >= 0.3 is 5.97 Å². The molecule has 1 aliphatic heterocycles. The number of carbonyl (C=O) groups excluding carboxylic acids is 1. The first-order chi connectivity index (χ1) is 10.5. The third kappa shape index (κ3) is 4.51. The van der Waals surface area contributed by atoms with Crippen LogP contribution in [-0.4, -0.2) is 47.7 Å². The Morgan fingerprint density at radius 3 is 2.86 bits per heavy atom. The van der Waals surface area contributed by atoms with Gasteiger partial charge in [-0.05, 0) is 31.0 Å². The number of halogens is 2. The van der Waals surface area contributed by atoms with Gasteiger partial charge in [-0.1, -0.05) is 15.9 Å². The zero-order chi connectivity index (χ0) is 16.1. The lowest BCUT2D eigenvalue weighted by atomic mass is 10.1. The zero-order valence-electron chi connectivity index (χ0n) is 11.9. The van der Waals surface area contributed by atoms with Crippen LogP contribution < -0.4 is 0 Å². The lowest BCUT2D eigenvalue weighted by Crippen LogP contribution is -2.39. The first-order valence-electron chi connectivity index (χ1n) is 7.05. The van der Waals surface area contributed by atoms with Crippen LogP contribution in [0.3, 0.4) is 0 Å². The summed E-state index contributed by atoms with van der Waals surface area (Å²) in [5.41, 5.74) is -0.0715. The minimum atomic E-state index is -1.00. The fourth-order valence-electron chi connectivity index (χ4n) is 2.37. The summed E-state index contributed by atoms with van der Waals surface area (Å²) in [5.74, 6) is -2.14. The van der Waals surface area contributed by atoms with Gasteiger partial charge in [-0.25, -0.2) is 4.39 Å². The van der Waals surface area contributed by atoms with E-state index in [1.54, 1.807) is 0 Å². The van der Waals surface area contributed by atoms with Gasteiger partial charge in [0.2, 0.25) is 0 Å². The molecule has 120 valence electrons. The van der Waals surface area contributed by atoms with Crippen LogP contribution in [0.15, 0.2) is 22.7 Å². The van der Waals surface area contributed by atoms with Crippen molar-refractivity contribution < 1.29 is 23.8 Å². The number of carboxylic acid groups (broad SMARTS) is 1. The van der Waals surface area contributed by atoms with Crippen molar-refractivity contribution in [3.8, 4) is 0 Å². The Morgan fingerprint density at radius 2 is 2.23 bits per heavy atom. The average Bonchev–Trinajstić information content (AvgIpc) is 2.98. The van der Waals surface area contributed by atoms with Gasteiger partial charge in [0, 0.05) is 24.2 Å². The number of carboxylic acids is 1. The van der Waals surface area contributed by atoms with E-state index in [1.807, 2.05) is 0 Å². The minimum absolute atomic E-state index is 0.0278. The fraction of sp³-hybridized carbons (Fsp3) is 0.467. The highest BCUT2D eigenvalue weighted by Gasteiger charge is 2.25. The van der Waals surface area contributed by atoms with E-state index in [2.05, 4.69) is 15.9 Å². The van der Waals surface area contributed by atoms with E-state index in [0.29, 0.717) is 11.1 Å². The summed E-state index contributed by atoms with van der Waals surface area (Å²) in [6.07, 6.45) is 1.43. The molecule has 0 aromatic heterocycles. The van der Waals surface area contributed by atoms with Crippen molar-refractivity contribution >= 4 is 27.8 Å². The maximum absolute atomic E-state index is 13.9. The molecule has 1 aliphatic rings. The van der Waals surface area contributed by atoms with E-state index in [1.165, 1.54) is 23.1 Å². The van der Waals surface area contributed by atoms with E-state index in [4.69, 9.17) is 9.84 Å². The largest absolute Gasteiger partial charge is 0.481 e. The van der Waals surface area contributed by atoms with Crippen LogP contribution in [0.25, 0.3) is 0 Å². The monoisotopic (exact) mass is 373 g/mol. The summed E-state index contributed by atoms with van der Waals surface area (Å²) in [6, 6.07) is 4.12. The highest BCUT2D eigenvalue weighted by atomic mass is 79.9. The molecule has 7 heteroatoms. The Labute approximate surface area is 136 Å². The Kier molecular flexibility index (Phi) is 5.90. The molecule has 5 nitrogen and oxygen atoms in total. The quantitative estimate of drug-likeness (QED) is 0.832.